The summed E-state index contributed by atoms with van der Waals surface area (Å²) in [5, 5.41) is 8.55. The van der Waals surface area contributed by atoms with Crippen LogP contribution in [-0.4, -0.2) is 5.90 Å². The summed E-state index contributed by atoms with van der Waals surface area (Å²) in [5.41, 5.74) is 0. The highest BCUT2D eigenvalue weighted by Gasteiger charge is 2.59. The Morgan fingerprint density at radius 1 is 0.244 bits per heavy atom. The van der Waals surface area contributed by atoms with Crippen molar-refractivity contribution in [1.29, 1.82) is 0 Å². The van der Waals surface area contributed by atoms with E-state index in [1.165, 1.54) is 31.8 Å². The van der Waals surface area contributed by atoms with Gasteiger partial charge in [-0.1, -0.05) is 109 Å². The van der Waals surface area contributed by atoms with E-state index in [0.29, 0.717) is 0 Å². The summed E-state index contributed by atoms with van der Waals surface area (Å²) in [6, 6.07) is 67.8. The molecule has 204 valence electrons. The molecule has 0 saturated heterocycles. The van der Waals surface area contributed by atoms with Gasteiger partial charge in [-0.2, -0.15) is 0 Å². The molecule has 0 atom stereocenters. The van der Waals surface area contributed by atoms with Gasteiger partial charge in [-0.25, -0.2) is 0 Å². The normalized spacial score (nSPS) is 11.1. The van der Waals surface area contributed by atoms with E-state index in [1.807, 2.05) is 0 Å². The standard InChI is InChI=1S/C37H32P2.2CH3/c1-7-19-32(20-8-1)38(33-21-9-2-10-22-33,34-23-11-3-12-24-34)31-39(35-25-13-4-14-26-35,36-27-15-5-16-28-36)37-29-17-6-18-30-37;;/h1-30H,31H2;2*1H3/q+2;2*-1. The van der Waals surface area contributed by atoms with Crippen molar-refractivity contribution in [3.05, 3.63) is 197 Å². The van der Waals surface area contributed by atoms with Gasteiger partial charge in [-0.05, 0) is 72.8 Å². The highest BCUT2D eigenvalue weighted by atomic mass is 31.2. The Balaban J connectivity index is 0.00000194. The summed E-state index contributed by atoms with van der Waals surface area (Å²) in [6.07, 6.45) is 0. The molecule has 6 rings (SSSR count). The molecule has 0 saturated carbocycles. The van der Waals surface area contributed by atoms with Gasteiger partial charge in [0, 0.05) is 0 Å². The molecule has 2 heteroatoms. The summed E-state index contributed by atoms with van der Waals surface area (Å²) in [4.78, 5) is 0. The molecule has 0 heterocycles. The van der Waals surface area contributed by atoms with Crippen molar-refractivity contribution in [2.24, 2.45) is 0 Å². The van der Waals surface area contributed by atoms with Crippen LogP contribution in [0.2, 0.25) is 0 Å². The van der Waals surface area contributed by atoms with Crippen LogP contribution in [0.15, 0.2) is 182 Å². The molecule has 0 fully saturated rings. The Morgan fingerprint density at radius 2 is 0.390 bits per heavy atom. The fourth-order valence-electron chi connectivity index (χ4n) is 5.80. The highest BCUT2D eigenvalue weighted by Crippen LogP contribution is 2.70. The molecule has 0 aliphatic heterocycles. The lowest BCUT2D eigenvalue weighted by Gasteiger charge is -2.34. The zero-order valence-corrected chi connectivity index (χ0v) is 25.7. The van der Waals surface area contributed by atoms with Gasteiger partial charge in [0.15, 0.2) is 20.4 Å². The van der Waals surface area contributed by atoms with Crippen LogP contribution in [0.4, 0.5) is 0 Å². The van der Waals surface area contributed by atoms with Crippen molar-refractivity contribution < 1.29 is 0 Å². The second-order valence-electron chi connectivity index (χ2n) is 9.77. The highest BCUT2D eigenvalue weighted by molar-refractivity contribution is 8.10. The minimum atomic E-state index is -2.12. The lowest BCUT2D eigenvalue weighted by Crippen LogP contribution is -2.41. The van der Waals surface area contributed by atoms with Gasteiger partial charge in [0.1, 0.15) is 31.8 Å². The number of hydrogen-bond acceptors (Lipinski definition) is 0. The molecular formula is C39H38P2. The first-order chi connectivity index (χ1) is 19.3. The Morgan fingerprint density at radius 3 is 0.537 bits per heavy atom. The van der Waals surface area contributed by atoms with Crippen LogP contribution in [-0.2, 0) is 0 Å². The third-order valence-electron chi connectivity index (χ3n) is 7.61. The third kappa shape index (κ3) is 5.69. The molecule has 0 N–H and O–H groups in total. The molecule has 0 nitrogen and oxygen atoms in total. The molecule has 6 aromatic rings. The van der Waals surface area contributed by atoms with Crippen LogP contribution < -0.4 is 31.8 Å². The average molecular weight is 569 g/mol. The van der Waals surface area contributed by atoms with Crippen LogP contribution in [0.3, 0.4) is 0 Å². The number of hydrogen-bond donors (Lipinski definition) is 0. The predicted molar refractivity (Wildman–Crippen MR) is 188 cm³/mol. The summed E-state index contributed by atoms with van der Waals surface area (Å²) in [6.45, 7) is 0. The summed E-state index contributed by atoms with van der Waals surface area (Å²) in [7, 11) is -4.24. The maximum Gasteiger partial charge on any atom is 0.188 e. The summed E-state index contributed by atoms with van der Waals surface area (Å²) in [5.74, 6) is 1.04. The monoisotopic (exact) mass is 568 g/mol. The summed E-state index contributed by atoms with van der Waals surface area (Å²) >= 11 is 0. The van der Waals surface area contributed by atoms with Crippen molar-refractivity contribution in [2.45, 2.75) is 0 Å². The van der Waals surface area contributed by atoms with Gasteiger partial charge in [0.2, 0.25) is 0 Å². The van der Waals surface area contributed by atoms with Gasteiger partial charge in [-0.3, -0.25) is 0 Å². The molecule has 0 aliphatic rings. The molecule has 0 spiro atoms. The fraction of sp³-hybridized carbons (Fsp3) is 0.0256. The van der Waals surface area contributed by atoms with E-state index in [0.717, 1.165) is 5.90 Å². The second kappa shape index (κ2) is 13.7. The molecule has 0 radical (unpaired) electrons. The van der Waals surface area contributed by atoms with Crippen molar-refractivity contribution in [1.82, 2.24) is 0 Å². The smallest absolute Gasteiger partial charge is 0.188 e. The van der Waals surface area contributed by atoms with E-state index in [4.69, 9.17) is 0 Å². The zero-order valence-electron chi connectivity index (χ0n) is 23.9. The van der Waals surface area contributed by atoms with Gasteiger partial charge in [-0.15, -0.1) is 0 Å². The second-order valence-corrected chi connectivity index (χ2v) is 17.2. The summed E-state index contributed by atoms with van der Waals surface area (Å²) < 4.78 is 0. The molecule has 0 bridgehead atoms. The maximum atomic E-state index is 2.36. The minimum Gasteiger partial charge on any atom is -0.358 e. The predicted octanol–water partition coefficient (Wildman–Crippen LogP) is 7.83. The van der Waals surface area contributed by atoms with E-state index < -0.39 is 14.5 Å². The number of rotatable bonds is 8. The number of benzene rings is 6. The SMILES string of the molecule is [CH3-].[CH3-].c1ccc([P+](C[P+](c2ccccc2)(c2ccccc2)c2ccccc2)(c2ccccc2)c2ccccc2)cc1. The van der Waals surface area contributed by atoms with E-state index in [2.05, 4.69) is 182 Å². The van der Waals surface area contributed by atoms with Crippen LogP contribution >= 0.6 is 14.5 Å². The van der Waals surface area contributed by atoms with E-state index in [1.54, 1.807) is 0 Å². The Bertz CT molecular complexity index is 1270. The van der Waals surface area contributed by atoms with Crippen LogP contribution in [0.1, 0.15) is 0 Å². The third-order valence-corrected chi connectivity index (χ3v) is 18.1. The first kappa shape index (κ1) is 30.1. The lowest BCUT2D eigenvalue weighted by molar-refractivity contribution is 1.68. The topological polar surface area (TPSA) is 0 Å². The maximum absolute atomic E-state index is 2.36. The lowest BCUT2D eigenvalue weighted by atomic mass is 10.4. The molecule has 0 unspecified atom stereocenters. The van der Waals surface area contributed by atoms with Crippen molar-refractivity contribution in [3.8, 4) is 0 Å². The van der Waals surface area contributed by atoms with E-state index in [-0.39, 0.29) is 14.9 Å². The Hall–Kier alpha value is -3.82. The van der Waals surface area contributed by atoms with E-state index in [9.17, 15) is 0 Å². The van der Waals surface area contributed by atoms with Crippen LogP contribution in [0.25, 0.3) is 0 Å². The molecule has 0 aliphatic carbocycles. The van der Waals surface area contributed by atoms with Gasteiger partial charge in [0.25, 0.3) is 0 Å². The van der Waals surface area contributed by atoms with Gasteiger partial charge < -0.3 is 14.9 Å². The van der Waals surface area contributed by atoms with Gasteiger partial charge in [0.05, 0.1) is 0 Å². The quantitative estimate of drug-likeness (QED) is 0.130. The Kier molecular flexibility index (Phi) is 10.1. The van der Waals surface area contributed by atoms with Crippen LogP contribution in [0, 0.1) is 14.9 Å². The largest absolute Gasteiger partial charge is 0.358 e. The molecular weight excluding hydrogens is 530 g/mol. The first-order valence-corrected chi connectivity index (χ1v) is 17.4. The fourth-order valence-corrected chi connectivity index (χ4v) is 18.1. The minimum absolute atomic E-state index is 0. The zero-order chi connectivity index (χ0) is 26.4. The van der Waals surface area contributed by atoms with E-state index >= 15 is 0 Å². The molecule has 6 aromatic carbocycles. The Labute approximate surface area is 248 Å². The first-order valence-electron chi connectivity index (χ1n) is 13.4. The van der Waals surface area contributed by atoms with Crippen molar-refractivity contribution >= 4 is 46.4 Å². The van der Waals surface area contributed by atoms with Gasteiger partial charge >= 0.3 is 0 Å². The molecule has 0 aromatic heterocycles. The van der Waals surface area contributed by atoms with Crippen molar-refractivity contribution in [2.75, 3.05) is 5.90 Å². The van der Waals surface area contributed by atoms with Crippen molar-refractivity contribution in [3.63, 3.8) is 0 Å². The molecule has 0 amide bonds. The van der Waals surface area contributed by atoms with Crippen LogP contribution in [0.5, 0.6) is 0 Å². The molecule has 41 heavy (non-hydrogen) atoms. The average Bonchev–Trinajstić information content (AvgIpc) is 3.04.